The van der Waals surface area contributed by atoms with Crippen molar-refractivity contribution in [2.75, 3.05) is 46.3 Å². The van der Waals surface area contributed by atoms with Crippen molar-refractivity contribution in [2.24, 2.45) is 5.92 Å². The van der Waals surface area contributed by atoms with Crippen molar-refractivity contribution < 1.29 is 23.1 Å². The Bertz CT molecular complexity index is 1020. The molecular weight excluding hydrogens is 476 g/mol. The molecule has 4 rings (SSSR count). The summed E-state index contributed by atoms with van der Waals surface area (Å²) in [5.41, 5.74) is 0.175. The van der Waals surface area contributed by atoms with Crippen LogP contribution in [0.3, 0.4) is 0 Å². The second-order valence-corrected chi connectivity index (χ2v) is 9.67. The second kappa shape index (κ2) is 11.4. The lowest BCUT2D eigenvalue weighted by Crippen LogP contribution is -2.52. The number of benzene rings is 2. The van der Waals surface area contributed by atoms with Gasteiger partial charge in [-0.1, -0.05) is 17.7 Å². The van der Waals surface area contributed by atoms with Gasteiger partial charge in [-0.3, -0.25) is 9.59 Å². The van der Waals surface area contributed by atoms with E-state index in [9.17, 15) is 18.4 Å². The summed E-state index contributed by atoms with van der Waals surface area (Å²) in [6.45, 7) is 3.70. The number of amides is 2. The maximum atomic E-state index is 14.2. The maximum absolute atomic E-state index is 14.2. The highest BCUT2D eigenvalue weighted by atomic mass is 35.5. The summed E-state index contributed by atoms with van der Waals surface area (Å²) in [6, 6.07) is 10.1. The number of likely N-dealkylation sites (tertiary alicyclic amines) is 1. The smallest absolute Gasteiger partial charge is 0.227 e. The van der Waals surface area contributed by atoms with Crippen molar-refractivity contribution in [1.82, 2.24) is 14.7 Å². The van der Waals surface area contributed by atoms with Crippen LogP contribution in [0.25, 0.3) is 0 Å². The van der Waals surface area contributed by atoms with Gasteiger partial charge in [0.05, 0.1) is 6.42 Å². The Labute approximate surface area is 209 Å². The van der Waals surface area contributed by atoms with Gasteiger partial charge < -0.3 is 19.4 Å². The zero-order chi connectivity index (χ0) is 24.9. The second-order valence-electron chi connectivity index (χ2n) is 9.26. The molecule has 0 bridgehead atoms. The van der Waals surface area contributed by atoms with E-state index >= 15 is 0 Å². The zero-order valence-corrected chi connectivity index (χ0v) is 20.5. The Kier molecular flexibility index (Phi) is 8.23. The van der Waals surface area contributed by atoms with Gasteiger partial charge in [-0.15, -0.1) is 0 Å². The first-order chi connectivity index (χ1) is 16.8. The number of ether oxygens (including phenoxy) is 1. The normalized spacial score (nSPS) is 21.1. The van der Waals surface area contributed by atoms with E-state index in [1.54, 1.807) is 23.1 Å². The molecule has 0 spiro atoms. The number of carbonyl (C=O) groups is 2. The maximum Gasteiger partial charge on any atom is 0.227 e. The molecule has 2 aromatic rings. The molecule has 0 aromatic heterocycles. The highest BCUT2D eigenvalue weighted by Crippen LogP contribution is 2.28. The minimum absolute atomic E-state index is 0.0299. The number of hydrogen-bond acceptors (Lipinski definition) is 4. The highest BCUT2D eigenvalue weighted by Gasteiger charge is 2.36. The number of halogens is 3. The van der Waals surface area contributed by atoms with Crippen LogP contribution in [-0.2, 0) is 16.0 Å². The molecule has 2 aliphatic heterocycles. The molecular formula is C26H30ClF2N3O3. The van der Waals surface area contributed by atoms with Crippen LogP contribution in [0.2, 0.25) is 5.02 Å². The number of piperidine rings is 1. The number of rotatable bonds is 6. The molecule has 35 heavy (non-hydrogen) atoms. The van der Waals surface area contributed by atoms with E-state index < -0.39 is 5.82 Å². The predicted octanol–water partition coefficient (Wildman–Crippen LogP) is 3.62. The van der Waals surface area contributed by atoms with Gasteiger partial charge in [0, 0.05) is 68.6 Å². The molecule has 0 unspecified atom stereocenters. The lowest BCUT2D eigenvalue weighted by Gasteiger charge is -2.40. The fourth-order valence-electron chi connectivity index (χ4n) is 4.65. The summed E-state index contributed by atoms with van der Waals surface area (Å²) in [5, 5.41) is 0.217. The van der Waals surface area contributed by atoms with Crippen LogP contribution in [0.4, 0.5) is 8.78 Å². The molecule has 0 aliphatic carbocycles. The average molecular weight is 506 g/mol. The molecule has 2 fully saturated rings. The molecule has 2 aromatic carbocycles. The van der Waals surface area contributed by atoms with E-state index in [1.807, 2.05) is 11.9 Å². The third-order valence-corrected chi connectivity index (χ3v) is 7.15. The van der Waals surface area contributed by atoms with Gasteiger partial charge in [0.15, 0.2) is 0 Å². The quantitative estimate of drug-likeness (QED) is 0.602. The molecule has 2 amide bonds. The fraction of sp³-hybridized carbons (Fsp3) is 0.462. The Morgan fingerprint density at radius 2 is 1.69 bits per heavy atom. The van der Waals surface area contributed by atoms with Gasteiger partial charge in [-0.2, -0.15) is 0 Å². The molecule has 2 atom stereocenters. The van der Waals surface area contributed by atoms with Gasteiger partial charge in [0.25, 0.3) is 0 Å². The van der Waals surface area contributed by atoms with Crippen LogP contribution in [-0.4, -0.2) is 78.9 Å². The van der Waals surface area contributed by atoms with Crippen LogP contribution in [0.5, 0.6) is 5.75 Å². The molecule has 2 aliphatic rings. The van der Waals surface area contributed by atoms with Crippen molar-refractivity contribution >= 4 is 23.4 Å². The molecule has 0 saturated carbocycles. The first-order valence-corrected chi connectivity index (χ1v) is 12.3. The van der Waals surface area contributed by atoms with Gasteiger partial charge in [0.2, 0.25) is 11.8 Å². The molecule has 2 heterocycles. The van der Waals surface area contributed by atoms with Crippen molar-refractivity contribution in [3.63, 3.8) is 0 Å². The van der Waals surface area contributed by atoms with E-state index in [0.717, 1.165) is 13.1 Å². The van der Waals surface area contributed by atoms with Crippen LogP contribution in [0, 0.1) is 17.6 Å². The Morgan fingerprint density at radius 1 is 0.971 bits per heavy atom. The number of likely N-dealkylation sites (N-methyl/N-ethyl adjacent to an activating group) is 1. The van der Waals surface area contributed by atoms with E-state index in [0.29, 0.717) is 38.3 Å². The fourth-order valence-corrected chi connectivity index (χ4v) is 4.88. The minimum atomic E-state index is -0.512. The first kappa shape index (κ1) is 25.4. The van der Waals surface area contributed by atoms with Gasteiger partial charge in [-0.05, 0) is 43.4 Å². The summed E-state index contributed by atoms with van der Waals surface area (Å²) in [5.74, 6) is -0.808. The summed E-state index contributed by atoms with van der Waals surface area (Å²) in [6.07, 6.45) is 0.293. The molecule has 188 valence electrons. The highest BCUT2D eigenvalue weighted by molar-refractivity contribution is 6.31. The van der Waals surface area contributed by atoms with Gasteiger partial charge in [-0.25, -0.2) is 8.78 Å². The third kappa shape index (κ3) is 6.49. The summed E-state index contributed by atoms with van der Waals surface area (Å²) >= 11 is 6.12. The van der Waals surface area contributed by atoms with Crippen molar-refractivity contribution in [1.29, 1.82) is 0 Å². The molecule has 9 heteroatoms. The summed E-state index contributed by atoms with van der Waals surface area (Å²) in [4.78, 5) is 31.9. The Morgan fingerprint density at radius 3 is 2.37 bits per heavy atom. The van der Waals surface area contributed by atoms with Gasteiger partial charge >= 0.3 is 0 Å². The molecule has 2 saturated heterocycles. The lowest BCUT2D eigenvalue weighted by molar-refractivity contribution is -0.139. The number of piperazine rings is 1. The Hall–Kier alpha value is -2.71. The standard InChI is InChI=1S/C26H30ClF2N3O3/c1-30-11-13-31(14-12-30)25(33)15-18-17-32(26(34)16-21-22(27)3-2-4-23(21)29)10-9-24(18)35-20-7-5-19(28)6-8-20/h2-8,18,24H,9-17H2,1H3/t18-,24-/m0/s1. The average Bonchev–Trinajstić information content (AvgIpc) is 2.84. The topological polar surface area (TPSA) is 53.1 Å². The van der Waals surface area contributed by atoms with E-state index in [4.69, 9.17) is 16.3 Å². The van der Waals surface area contributed by atoms with Crippen LogP contribution >= 0.6 is 11.6 Å². The summed E-state index contributed by atoms with van der Waals surface area (Å²) in [7, 11) is 2.03. The van der Waals surface area contributed by atoms with Crippen LogP contribution in [0.15, 0.2) is 42.5 Å². The van der Waals surface area contributed by atoms with Crippen LogP contribution < -0.4 is 4.74 Å². The number of hydrogen-bond donors (Lipinski definition) is 0. The van der Waals surface area contributed by atoms with Crippen molar-refractivity contribution in [3.8, 4) is 5.75 Å². The number of nitrogens with zero attached hydrogens (tertiary/aromatic N) is 3. The molecule has 6 nitrogen and oxygen atoms in total. The van der Waals surface area contributed by atoms with E-state index in [-0.39, 0.29) is 53.1 Å². The zero-order valence-electron chi connectivity index (χ0n) is 19.8. The van der Waals surface area contributed by atoms with Crippen molar-refractivity contribution in [3.05, 3.63) is 64.7 Å². The van der Waals surface area contributed by atoms with Gasteiger partial charge in [0.1, 0.15) is 23.5 Å². The monoisotopic (exact) mass is 505 g/mol. The van der Waals surface area contributed by atoms with E-state index in [1.165, 1.54) is 24.3 Å². The first-order valence-electron chi connectivity index (χ1n) is 11.9. The van der Waals surface area contributed by atoms with Crippen molar-refractivity contribution in [2.45, 2.75) is 25.4 Å². The largest absolute Gasteiger partial charge is 0.490 e. The summed E-state index contributed by atoms with van der Waals surface area (Å²) < 4.78 is 33.7. The number of carbonyl (C=O) groups excluding carboxylic acids is 2. The van der Waals surface area contributed by atoms with Crippen LogP contribution in [0.1, 0.15) is 18.4 Å². The molecule has 0 N–H and O–H groups in total. The molecule has 0 radical (unpaired) electrons. The minimum Gasteiger partial charge on any atom is -0.490 e. The Balaban J connectivity index is 1.46. The predicted molar refractivity (Wildman–Crippen MR) is 129 cm³/mol. The SMILES string of the molecule is CN1CCN(C(=O)C[C@H]2CN(C(=O)Cc3c(F)cccc3Cl)CC[C@@H]2Oc2ccc(F)cc2)CC1. The third-order valence-electron chi connectivity index (χ3n) is 6.80. The van der Waals surface area contributed by atoms with E-state index in [2.05, 4.69) is 4.90 Å². The lowest BCUT2D eigenvalue weighted by atomic mass is 9.90.